The first kappa shape index (κ1) is 12.9. The van der Waals surface area contributed by atoms with Gasteiger partial charge in [0.2, 0.25) is 5.91 Å². The van der Waals surface area contributed by atoms with E-state index in [9.17, 15) is 4.79 Å². The summed E-state index contributed by atoms with van der Waals surface area (Å²) in [5, 5.41) is 11.1. The summed E-state index contributed by atoms with van der Waals surface area (Å²) in [6.07, 6.45) is 1.83. The minimum absolute atomic E-state index is 0.132. The van der Waals surface area contributed by atoms with E-state index in [-0.39, 0.29) is 11.9 Å². The molecule has 2 atom stereocenters. The minimum atomic E-state index is -0.821. The number of hydrogen-bond acceptors (Lipinski definition) is 3. The van der Waals surface area contributed by atoms with Gasteiger partial charge in [-0.25, -0.2) is 0 Å². The molecule has 80 valence electrons. The summed E-state index contributed by atoms with van der Waals surface area (Å²) in [7, 11) is 0. The van der Waals surface area contributed by atoms with Crippen molar-refractivity contribution in [2.24, 2.45) is 5.73 Å². The lowest BCUT2D eigenvalue weighted by atomic mass is 9.96. The van der Waals surface area contributed by atoms with Crippen molar-refractivity contribution in [1.82, 2.24) is 5.32 Å². The molecule has 0 aliphatic heterocycles. The second kappa shape index (κ2) is 5.61. The van der Waals surface area contributed by atoms with Gasteiger partial charge in [-0.05, 0) is 20.3 Å². The fourth-order valence-corrected chi connectivity index (χ4v) is 1.21. The van der Waals surface area contributed by atoms with Crippen molar-refractivity contribution in [3.8, 4) is 6.07 Å². The molecule has 0 radical (unpaired) electrons. The topological polar surface area (TPSA) is 78.9 Å². The van der Waals surface area contributed by atoms with Gasteiger partial charge in [-0.15, -0.1) is 0 Å². The first-order valence-electron chi connectivity index (χ1n) is 4.90. The molecule has 0 aromatic heterocycles. The van der Waals surface area contributed by atoms with Crippen LogP contribution in [0.15, 0.2) is 0 Å². The lowest BCUT2D eigenvalue weighted by Crippen LogP contribution is -2.53. The monoisotopic (exact) mass is 197 g/mol. The van der Waals surface area contributed by atoms with Gasteiger partial charge in [0.15, 0.2) is 0 Å². The molecule has 0 rings (SSSR count). The number of amides is 1. The Morgan fingerprint density at radius 2 is 2.29 bits per heavy atom. The summed E-state index contributed by atoms with van der Waals surface area (Å²) in [6.45, 7) is 5.49. The van der Waals surface area contributed by atoms with Crippen LogP contribution in [0.4, 0.5) is 0 Å². The smallest absolute Gasteiger partial charge is 0.240 e. The number of nitrogens with two attached hydrogens (primary N) is 1. The van der Waals surface area contributed by atoms with E-state index in [1.807, 2.05) is 13.0 Å². The molecule has 4 nitrogen and oxygen atoms in total. The van der Waals surface area contributed by atoms with Crippen molar-refractivity contribution in [1.29, 1.82) is 5.26 Å². The molecule has 2 unspecified atom stereocenters. The molecule has 0 saturated heterocycles. The predicted molar refractivity (Wildman–Crippen MR) is 55.3 cm³/mol. The van der Waals surface area contributed by atoms with Crippen molar-refractivity contribution < 1.29 is 4.79 Å². The second-order valence-electron chi connectivity index (χ2n) is 3.90. The molecule has 0 saturated carbocycles. The zero-order valence-corrected chi connectivity index (χ0v) is 9.13. The maximum atomic E-state index is 11.6. The average molecular weight is 197 g/mol. The summed E-state index contributed by atoms with van der Waals surface area (Å²) in [5.74, 6) is -0.179. The van der Waals surface area contributed by atoms with Crippen LogP contribution in [-0.4, -0.2) is 17.5 Å². The van der Waals surface area contributed by atoms with E-state index in [4.69, 9.17) is 11.0 Å². The molecule has 0 spiro atoms. The molecular weight excluding hydrogens is 178 g/mol. The predicted octanol–water partition coefficient (Wildman–Crippen LogP) is 0.922. The molecule has 0 bridgehead atoms. The summed E-state index contributed by atoms with van der Waals surface area (Å²) in [5.41, 5.74) is 5.00. The number of carbonyl (C=O) groups is 1. The van der Waals surface area contributed by atoms with Gasteiger partial charge in [0.25, 0.3) is 0 Å². The molecule has 14 heavy (non-hydrogen) atoms. The maximum absolute atomic E-state index is 11.6. The Labute approximate surface area is 85.5 Å². The van der Waals surface area contributed by atoms with Gasteiger partial charge >= 0.3 is 0 Å². The van der Waals surface area contributed by atoms with Gasteiger partial charge in [-0.3, -0.25) is 4.79 Å². The third kappa shape index (κ3) is 4.24. The van der Waals surface area contributed by atoms with Crippen molar-refractivity contribution >= 4 is 5.91 Å². The van der Waals surface area contributed by atoms with Crippen LogP contribution < -0.4 is 11.1 Å². The SMILES string of the molecule is CCCC(C)(N)C(=O)NC(C)CC#N. The van der Waals surface area contributed by atoms with Gasteiger partial charge in [0, 0.05) is 6.04 Å². The highest BCUT2D eigenvalue weighted by atomic mass is 16.2. The zero-order chi connectivity index (χ0) is 11.2. The van der Waals surface area contributed by atoms with E-state index < -0.39 is 5.54 Å². The van der Waals surface area contributed by atoms with E-state index in [0.29, 0.717) is 12.8 Å². The molecule has 4 heteroatoms. The van der Waals surface area contributed by atoms with Crippen LogP contribution in [0.25, 0.3) is 0 Å². The van der Waals surface area contributed by atoms with Crippen molar-refractivity contribution in [3.05, 3.63) is 0 Å². The highest BCUT2D eigenvalue weighted by molar-refractivity contribution is 5.85. The molecule has 0 heterocycles. The number of rotatable bonds is 5. The average Bonchev–Trinajstić information content (AvgIpc) is 2.04. The Morgan fingerprint density at radius 1 is 1.71 bits per heavy atom. The van der Waals surface area contributed by atoms with E-state index in [1.54, 1.807) is 13.8 Å². The quantitative estimate of drug-likeness (QED) is 0.688. The van der Waals surface area contributed by atoms with E-state index in [2.05, 4.69) is 5.32 Å². The van der Waals surface area contributed by atoms with Crippen LogP contribution >= 0.6 is 0 Å². The fourth-order valence-electron chi connectivity index (χ4n) is 1.21. The highest BCUT2D eigenvalue weighted by Gasteiger charge is 2.27. The number of nitrogens with zero attached hydrogens (tertiary/aromatic N) is 1. The molecule has 0 aliphatic carbocycles. The Kier molecular flexibility index (Phi) is 5.18. The standard InChI is InChI=1S/C10H19N3O/c1-4-6-10(3,12)9(14)13-8(2)5-7-11/h8H,4-6,12H2,1-3H3,(H,13,14). The van der Waals surface area contributed by atoms with E-state index in [1.165, 1.54) is 0 Å². The zero-order valence-electron chi connectivity index (χ0n) is 9.13. The highest BCUT2D eigenvalue weighted by Crippen LogP contribution is 2.08. The largest absolute Gasteiger partial charge is 0.351 e. The number of nitriles is 1. The first-order chi connectivity index (χ1) is 6.44. The number of nitrogens with one attached hydrogen (secondary N) is 1. The molecule has 0 fully saturated rings. The molecule has 0 aromatic carbocycles. The van der Waals surface area contributed by atoms with Crippen LogP contribution in [0, 0.1) is 11.3 Å². The second-order valence-corrected chi connectivity index (χ2v) is 3.90. The van der Waals surface area contributed by atoms with Gasteiger partial charge in [-0.1, -0.05) is 13.3 Å². The van der Waals surface area contributed by atoms with Gasteiger partial charge in [0.1, 0.15) is 0 Å². The van der Waals surface area contributed by atoms with Crippen LogP contribution in [-0.2, 0) is 4.79 Å². The minimum Gasteiger partial charge on any atom is -0.351 e. The Balaban J connectivity index is 4.13. The normalized spacial score (nSPS) is 16.5. The third-order valence-electron chi connectivity index (χ3n) is 2.06. The lowest BCUT2D eigenvalue weighted by molar-refractivity contribution is -0.126. The first-order valence-corrected chi connectivity index (χ1v) is 4.90. The van der Waals surface area contributed by atoms with Crippen LogP contribution in [0.2, 0.25) is 0 Å². The lowest BCUT2D eigenvalue weighted by Gasteiger charge is -2.24. The van der Waals surface area contributed by atoms with Crippen molar-refractivity contribution in [2.75, 3.05) is 0 Å². The summed E-state index contributed by atoms with van der Waals surface area (Å²) in [4.78, 5) is 11.6. The van der Waals surface area contributed by atoms with E-state index >= 15 is 0 Å². The summed E-state index contributed by atoms with van der Waals surface area (Å²) >= 11 is 0. The van der Waals surface area contributed by atoms with Crippen LogP contribution in [0.3, 0.4) is 0 Å². The van der Waals surface area contributed by atoms with Gasteiger partial charge in [0.05, 0.1) is 18.0 Å². The van der Waals surface area contributed by atoms with Crippen molar-refractivity contribution in [3.63, 3.8) is 0 Å². The Bertz CT molecular complexity index is 230. The number of hydrogen-bond donors (Lipinski definition) is 2. The van der Waals surface area contributed by atoms with Crippen LogP contribution in [0.5, 0.6) is 0 Å². The molecule has 3 N–H and O–H groups in total. The Hall–Kier alpha value is -1.08. The fraction of sp³-hybridized carbons (Fsp3) is 0.800. The molecular formula is C10H19N3O. The molecule has 1 amide bonds. The maximum Gasteiger partial charge on any atom is 0.240 e. The summed E-state index contributed by atoms with van der Waals surface area (Å²) in [6, 6.07) is 1.87. The van der Waals surface area contributed by atoms with E-state index in [0.717, 1.165) is 6.42 Å². The third-order valence-corrected chi connectivity index (χ3v) is 2.06. The van der Waals surface area contributed by atoms with Crippen molar-refractivity contribution in [2.45, 2.75) is 51.6 Å². The molecule has 0 aliphatic rings. The Morgan fingerprint density at radius 3 is 2.71 bits per heavy atom. The summed E-state index contributed by atoms with van der Waals surface area (Å²) < 4.78 is 0. The number of carbonyl (C=O) groups excluding carboxylic acids is 1. The van der Waals surface area contributed by atoms with Gasteiger partial charge in [-0.2, -0.15) is 5.26 Å². The van der Waals surface area contributed by atoms with Crippen LogP contribution in [0.1, 0.15) is 40.0 Å². The van der Waals surface area contributed by atoms with Gasteiger partial charge < -0.3 is 11.1 Å². The molecule has 0 aromatic rings.